The SMILES string of the molecule is CC1(C)c2ccccc2-n2c3ccc(-c4cc5c6c(c4)c4cnccc4n6-c4ccccc4C5(C)C)cc3c3cccc1c32. The Balaban J connectivity index is 1.29. The average Bonchev–Trinajstić information content (AvgIpc) is 3.56. The number of para-hydroxylation sites is 3. The Bertz CT molecular complexity index is 2550. The van der Waals surface area contributed by atoms with Crippen LogP contribution in [0.2, 0.25) is 0 Å². The summed E-state index contributed by atoms with van der Waals surface area (Å²) in [6.07, 6.45) is 3.95. The molecular weight excluding hydrogens is 534 g/mol. The Morgan fingerprint density at radius 1 is 0.477 bits per heavy atom. The summed E-state index contributed by atoms with van der Waals surface area (Å²) in [5.74, 6) is 0. The summed E-state index contributed by atoms with van der Waals surface area (Å²) >= 11 is 0. The minimum absolute atomic E-state index is 0.0683. The van der Waals surface area contributed by atoms with Crippen molar-refractivity contribution in [1.29, 1.82) is 0 Å². The number of benzene rings is 5. The van der Waals surface area contributed by atoms with Crippen molar-refractivity contribution in [2.75, 3.05) is 0 Å². The maximum Gasteiger partial charge on any atom is 0.0583 e. The first-order valence-electron chi connectivity index (χ1n) is 15.6. The standard InChI is InChI=1S/C41H31N3/c1-40(2)30-11-5-7-14-36(30)43-34-17-16-24(20-27(34)26-10-9-13-32(40)38(26)43)25-21-28-29-23-42-19-18-35(29)44-37-15-8-6-12-31(37)41(3,4)33(22-25)39(28)44/h5-23H,1-4H3. The maximum absolute atomic E-state index is 4.57. The van der Waals surface area contributed by atoms with Crippen LogP contribution in [-0.2, 0) is 10.8 Å². The van der Waals surface area contributed by atoms with Gasteiger partial charge in [0, 0.05) is 44.8 Å². The van der Waals surface area contributed by atoms with Crippen LogP contribution in [0.5, 0.6) is 0 Å². The van der Waals surface area contributed by atoms with Gasteiger partial charge in [-0.15, -0.1) is 0 Å². The predicted molar refractivity (Wildman–Crippen MR) is 183 cm³/mol. The van der Waals surface area contributed by atoms with Crippen LogP contribution in [0.1, 0.15) is 49.9 Å². The fourth-order valence-electron chi connectivity index (χ4n) is 8.57. The minimum atomic E-state index is -0.147. The van der Waals surface area contributed by atoms with Crippen LogP contribution in [0, 0.1) is 0 Å². The molecule has 210 valence electrons. The van der Waals surface area contributed by atoms with Gasteiger partial charge in [-0.05, 0) is 75.8 Å². The number of pyridine rings is 1. The van der Waals surface area contributed by atoms with Gasteiger partial charge in [0.05, 0.1) is 33.4 Å². The highest BCUT2D eigenvalue weighted by Gasteiger charge is 2.37. The lowest BCUT2D eigenvalue weighted by atomic mass is 9.74. The van der Waals surface area contributed by atoms with E-state index in [4.69, 9.17) is 0 Å². The molecule has 3 nitrogen and oxygen atoms in total. The van der Waals surface area contributed by atoms with Crippen molar-refractivity contribution in [1.82, 2.24) is 14.1 Å². The summed E-state index contributed by atoms with van der Waals surface area (Å²) in [6.45, 7) is 9.46. The smallest absolute Gasteiger partial charge is 0.0583 e. The monoisotopic (exact) mass is 565 g/mol. The van der Waals surface area contributed by atoms with Gasteiger partial charge in [-0.1, -0.05) is 88.4 Å². The van der Waals surface area contributed by atoms with Crippen LogP contribution in [0.3, 0.4) is 0 Å². The highest BCUT2D eigenvalue weighted by atomic mass is 15.0. The Morgan fingerprint density at radius 2 is 1.09 bits per heavy atom. The van der Waals surface area contributed by atoms with Crippen molar-refractivity contribution in [2.24, 2.45) is 0 Å². The van der Waals surface area contributed by atoms with E-state index in [0.29, 0.717) is 0 Å². The van der Waals surface area contributed by atoms with Gasteiger partial charge in [0.25, 0.3) is 0 Å². The maximum atomic E-state index is 4.57. The van der Waals surface area contributed by atoms with E-state index in [0.717, 1.165) is 0 Å². The van der Waals surface area contributed by atoms with E-state index < -0.39 is 0 Å². The first kappa shape index (κ1) is 24.3. The van der Waals surface area contributed by atoms with Gasteiger partial charge in [0.1, 0.15) is 0 Å². The number of nitrogens with zero attached hydrogens (tertiary/aromatic N) is 3. The molecule has 0 fully saturated rings. The molecule has 8 aromatic rings. The first-order chi connectivity index (χ1) is 21.4. The molecule has 10 rings (SSSR count). The van der Waals surface area contributed by atoms with Crippen molar-refractivity contribution < 1.29 is 0 Å². The lowest BCUT2D eigenvalue weighted by molar-refractivity contribution is 0.630. The van der Waals surface area contributed by atoms with Crippen molar-refractivity contribution in [3.63, 3.8) is 0 Å². The van der Waals surface area contributed by atoms with Crippen LogP contribution >= 0.6 is 0 Å². The quantitative estimate of drug-likeness (QED) is 0.194. The highest BCUT2D eigenvalue weighted by Crippen LogP contribution is 2.50. The molecule has 0 amide bonds. The zero-order chi connectivity index (χ0) is 29.5. The number of fused-ring (bicyclic) bond motifs is 10. The van der Waals surface area contributed by atoms with Crippen LogP contribution in [-0.4, -0.2) is 14.1 Å². The van der Waals surface area contributed by atoms with Gasteiger partial charge >= 0.3 is 0 Å². The Labute approximate surface area is 256 Å². The van der Waals surface area contributed by atoms with Crippen molar-refractivity contribution >= 4 is 43.6 Å². The molecule has 2 aliphatic heterocycles. The normalized spacial score (nSPS) is 15.6. The molecule has 0 bridgehead atoms. The third-order valence-corrected chi connectivity index (χ3v) is 10.8. The second-order valence-corrected chi connectivity index (χ2v) is 13.7. The third kappa shape index (κ3) is 2.77. The lowest BCUT2D eigenvalue weighted by Gasteiger charge is -2.35. The zero-order valence-corrected chi connectivity index (χ0v) is 25.3. The fourth-order valence-corrected chi connectivity index (χ4v) is 8.57. The summed E-state index contributed by atoms with van der Waals surface area (Å²) in [5, 5.41) is 5.08. The number of hydrogen-bond acceptors (Lipinski definition) is 1. The number of hydrogen-bond donors (Lipinski definition) is 0. The van der Waals surface area contributed by atoms with Gasteiger partial charge in [-0.2, -0.15) is 0 Å². The molecule has 0 unspecified atom stereocenters. The Kier molecular flexibility index (Phi) is 4.34. The van der Waals surface area contributed by atoms with Gasteiger partial charge in [-0.25, -0.2) is 0 Å². The van der Waals surface area contributed by atoms with E-state index in [9.17, 15) is 0 Å². The summed E-state index contributed by atoms with van der Waals surface area (Å²) in [7, 11) is 0. The molecule has 44 heavy (non-hydrogen) atoms. The molecule has 3 aromatic heterocycles. The summed E-state index contributed by atoms with van der Waals surface area (Å²) in [5.41, 5.74) is 15.4. The lowest BCUT2D eigenvalue weighted by Crippen LogP contribution is -2.26. The molecular formula is C41H31N3. The van der Waals surface area contributed by atoms with Crippen molar-refractivity contribution in [3.8, 4) is 22.5 Å². The molecule has 0 atom stereocenters. The van der Waals surface area contributed by atoms with Gasteiger partial charge in [0.15, 0.2) is 0 Å². The second-order valence-electron chi connectivity index (χ2n) is 13.7. The van der Waals surface area contributed by atoms with Gasteiger partial charge < -0.3 is 9.13 Å². The fraction of sp³-hybridized carbons (Fsp3) is 0.146. The number of rotatable bonds is 1. The van der Waals surface area contributed by atoms with Crippen LogP contribution in [0.25, 0.3) is 66.1 Å². The molecule has 0 saturated carbocycles. The third-order valence-electron chi connectivity index (χ3n) is 10.8. The van der Waals surface area contributed by atoms with Gasteiger partial charge in [0.2, 0.25) is 0 Å². The van der Waals surface area contributed by atoms with Crippen LogP contribution in [0.4, 0.5) is 0 Å². The Hall–Kier alpha value is -5.15. The van der Waals surface area contributed by atoms with E-state index in [1.807, 2.05) is 12.4 Å². The zero-order valence-electron chi connectivity index (χ0n) is 25.3. The van der Waals surface area contributed by atoms with Gasteiger partial charge in [-0.3, -0.25) is 4.98 Å². The molecule has 5 heterocycles. The highest BCUT2D eigenvalue weighted by molar-refractivity contribution is 6.15. The minimum Gasteiger partial charge on any atom is -0.309 e. The van der Waals surface area contributed by atoms with E-state index in [1.54, 1.807) is 0 Å². The Morgan fingerprint density at radius 3 is 1.84 bits per heavy atom. The molecule has 0 radical (unpaired) electrons. The average molecular weight is 566 g/mol. The predicted octanol–water partition coefficient (Wildman–Crippen LogP) is 10.2. The molecule has 5 aromatic carbocycles. The molecule has 3 heteroatoms. The molecule has 2 aliphatic rings. The summed E-state index contributed by atoms with van der Waals surface area (Å²) < 4.78 is 4.95. The largest absolute Gasteiger partial charge is 0.309 e. The second kappa shape index (κ2) is 7.86. The van der Waals surface area contributed by atoms with E-state index >= 15 is 0 Å². The number of aromatic nitrogens is 3. The van der Waals surface area contributed by atoms with Crippen LogP contribution < -0.4 is 0 Å². The first-order valence-corrected chi connectivity index (χ1v) is 15.6. The summed E-state index contributed by atoms with van der Waals surface area (Å²) in [4.78, 5) is 4.57. The van der Waals surface area contributed by atoms with Crippen molar-refractivity contribution in [3.05, 3.63) is 138 Å². The molecule has 0 spiro atoms. The van der Waals surface area contributed by atoms with Crippen LogP contribution in [0.15, 0.2) is 116 Å². The molecule has 0 aliphatic carbocycles. The summed E-state index contributed by atoms with van der Waals surface area (Å²) in [6, 6.07) is 38.7. The van der Waals surface area contributed by atoms with E-state index in [2.05, 4.69) is 145 Å². The molecule has 0 N–H and O–H groups in total. The van der Waals surface area contributed by atoms with E-state index in [1.165, 1.54) is 88.4 Å². The van der Waals surface area contributed by atoms with Crippen molar-refractivity contribution in [2.45, 2.75) is 38.5 Å². The topological polar surface area (TPSA) is 22.8 Å². The van der Waals surface area contributed by atoms with E-state index in [-0.39, 0.29) is 10.8 Å². The molecule has 0 saturated heterocycles.